The number of carbonyl (C=O) groups excluding carboxylic acids is 1. The number of anilines is 1. The Labute approximate surface area is 83.1 Å². The van der Waals surface area contributed by atoms with Gasteiger partial charge in [0.05, 0.1) is 0 Å². The maximum absolute atomic E-state index is 11.5. The minimum Gasteiger partial charge on any atom is -0.455 e. The molecule has 0 bridgehead atoms. The van der Waals surface area contributed by atoms with Gasteiger partial charge in [0.25, 0.3) is 0 Å². The van der Waals surface area contributed by atoms with Crippen molar-refractivity contribution >= 4 is 11.7 Å². The first-order chi connectivity index (χ1) is 6.38. The maximum atomic E-state index is 11.5. The van der Waals surface area contributed by atoms with Crippen molar-refractivity contribution in [3.8, 4) is 0 Å². The fraction of sp³-hybridized carbons (Fsp3) is 0.400. The van der Waals surface area contributed by atoms with Crippen LogP contribution in [0.25, 0.3) is 0 Å². The SMILES string of the molecule is CC(C)(C)OC(=O)c1cc(N)ccn1. The number of nitrogen functional groups attached to an aromatic ring is 1. The summed E-state index contributed by atoms with van der Waals surface area (Å²) >= 11 is 0. The Morgan fingerprint density at radius 2 is 2.14 bits per heavy atom. The molecule has 0 radical (unpaired) electrons. The first-order valence-corrected chi connectivity index (χ1v) is 4.33. The van der Waals surface area contributed by atoms with Gasteiger partial charge in [-0.15, -0.1) is 0 Å². The van der Waals surface area contributed by atoms with E-state index in [9.17, 15) is 4.79 Å². The van der Waals surface area contributed by atoms with E-state index >= 15 is 0 Å². The molecule has 0 aliphatic rings. The molecule has 76 valence electrons. The van der Waals surface area contributed by atoms with Crippen LogP contribution in [0.4, 0.5) is 5.69 Å². The van der Waals surface area contributed by atoms with Crippen LogP contribution in [-0.4, -0.2) is 16.6 Å². The van der Waals surface area contributed by atoms with E-state index in [4.69, 9.17) is 10.5 Å². The number of hydrogen-bond donors (Lipinski definition) is 1. The molecule has 0 aliphatic heterocycles. The number of hydrogen-bond acceptors (Lipinski definition) is 4. The Bertz CT molecular complexity index is 342. The summed E-state index contributed by atoms with van der Waals surface area (Å²) in [5.41, 5.74) is 5.74. The summed E-state index contributed by atoms with van der Waals surface area (Å²) in [4.78, 5) is 15.3. The normalized spacial score (nSPS) is 11.1. The van der Waals surface area contributed by atoms with Crippen molar-refractivity contribution < 1.29 is 9.53 Å². The van der Waals surface area contributed by atoms with Crippen LogP contribution in [-0.2, 0) is 4.74 Å². The van der Waals surface area contributed by atoms with E-state index in [0.29, 0.717) is 5.69 Å². The number of ether oxygens (including phenoxy) is 1. The topological polar surface area (TPSA) is 65.2 Å². The number of aromatic nitrogens is 1. The van der Waals surface area contributed by atoms with Gasteiger partial charge in [-0.2, -0.15) is 0 Å². The molecule has 0 saturated heterocycles. The smallest absolute Gasteiger partial charge is 0.357 e. The van der Waals surface area contributed by atoms with Gasteiger partial charge in [0, 0.05) is 11.9 Å². The van der Waals surface area contributed by atoms with Crippen molar-refractivity contribution in [2.24, 2.45) is 0 Å². The van der Waals surface area contributed by atoms with Crippen molar-refractivity contribution in [2.45, 2.75) is 26.4 Å². The molecule has 0 saturated carbocycles. The van der Waals surface area contributed by atoms with E-state index in [1.165, 1.54) is 12.3 Å². The first kappa shape index (κ1) is 10.5. The minimum atomic E-state index is -0.511. The summed E-state index contributed by atoms with van der Waals surface area (Å²) in [5.74, 6) is -0.454. The number of esters is 1. The molecule has 0 aliphatic carbocycles. The third kappa shape index (κ3) is 3.05. The second kappa shape index (κ2) is 3.65. The van der Waals surface area contributed by atoms with Crippen LogP contribution in [0, 0.1) is 0 Å². The molecule has 0 amide bonds. The highest BCUT2D eigenvalue weighted by Crippen LogP contribution is 2.11. The van der Waals surface area contributed by atoms with Crippen molar-refractivity contribution in [3.63, 3.8) is 0 Å². The predicted octanol–water partition coefficient (Wildman–Crippen LogP) is 1.62. The van der Waals surface area contributed by atoms with E-state index in [1.807, 2.05) is 0 Å². The van der Waals surface area contributed by atoms with Gasteiger partial charge >= 0.3 is 5.97 Å². The van der Waals surface area contributed by atoms with Gasteiger partial charge in [-0.3, -0.25) is 0 Å². The summed E-state index contributed by atoms with van der Waals surface area (Å²) in [5, 5.41) is 0. The lowest BCUT2D eigenvalue weighted by Gasteiger charge is -2.18. The van der Waals surface area contributed by atoms with Crippen LogP contribution in [0.1, 0.15) is 31.3 Å². The van der Waals surface area contributed by atoms with Crippen molar-refractivity contribution in [1.29, 1.82) is 0 Å². The molecule has 0 atom stereocenters. The van der Waals surface area contributed by atoms with Gasteiger partial charge < -0.3 is 10.5 Å². The Morgan fingerprint density at radius 3 is 2.64 bits per heavy atom. The number of nitrogens with zero attached hydrogens (tertiary/aromatic N) is 1. The van der Waals surface area contributed by atoms with Crippen LogP contribution < -0.4 is 5.73 Å². The van der Waals surface area contributed by atoms with Gasteiger partial charge in [-0.05, 0) is 32.9 Å². The molecular formula is C10H14N2O2. The van der Waals surface area contributed by atoms with Gasteiger partial charge in [-0.1, -0.05) is 0 Å². The van der Waals surface area contributed by atoms with Crippen LogP contribution in [0.2, 0.25) is 0 Å². The van der Waals surface area contributed by atoms with E-state index in [-0.39, 0.29) is 5.69 Å². The zero-order valence-electron chi connectivity index (χ0n) is 8.57. The molecule has 14 heavy (non-hydrogen) atoms. The predicted molar refractivity (Wildman–Crippen MR) is 53.8 cm³/mol. The van der Waals surface area contributed by atoms with E-state index in [1.54, 1.807) is 26.8 Å². The summed E-state index contributed by atoms with van der Waals surface area (Å²) in [6.45, 7) is 5.41. The van der Waals surface area contributed by atoms with Crippen molar-refractivity contribution in [3.05, 3.63) is 24.0 Å². The molecular weight excluding hydrogens is 180 g/mol. The lowest BCUT2D eigenvalue weighted by molar-refractivity contribution is 0.00629. The average Bonchev–Trinajstić information content (AvgIpc) is 2.01. The van der Waals surface area contributed by atoms with Gasteiger partial charge in [0.1, 0.15) is 11.3 Å². The van der Waals surface area contributed by atoms with Gasteiger partial charge in [-0.25, -0.2) is 9.78 Å². The Kier molecular flexibility index (Phi) is 2.74. The maximum Gasteiger partial charge on any atom is 0.357 e. The highest BCUT2D eigenvalue weighted by atomic mass is 16.6. The zero-order valence-corrected chi connectivity index (χ0v) is 8.57. The van der Waals surface area contributed by atoms with E-state index in [2.05, 4.69) is 4.98 Å². The number of rotatable bonds is 1. The molecule has 0 fully saturated rings. The Balaban J connectivity index is 2.80. The van der Waals surface area contributed by atoms with Crippen LogP contribution >= 0.6 is 0 Å². The van der Waals surface area contributed by atoms with Crippen molar-refractivity contribution in [2.75, 3.05) is 5.73 Å². The molecule has 1 rings (SSSR count). The molecule has 1 heterocycles. The van der Waals surface area contributed by atoms with Crippen LogP contribution in [0.5, 0.6) is 0 Å². The van der Waals surface area contributed by atoms with Crippen molar-refractivity contribution in [1.82, 2.24) is 4.98 Å². The molecule has 1 aromatic heterocycles. The fourth-order valence-corrected chi connectivity index (χ4v) is 0.889. The highest BCUT2D eigenvalue weighted by molar-refractivity contribution is 5.88. The zero-order chi connectivity index (χ0) is 10.8. The van der Waals surface area contributed by atoms with Gasteiger partial charge in [0.15, 0.2) is 0 Å². The summed E-state index contributed by atoms with van der Waals surface area (Å²) in [6.07, 6.45) is 1.48. The third-order valence-corrected chi connectivity index (χ3v) is 1.39. The third-order valence-electron chi connectivity index (χ3n) is 1.39. The molecule has 4 nitrogen and oxygen atoms in total. The quantitative estimate of drug-likeness (QED) is 0.690. The summed E-state index contributed by atoms with van der Waals surface area (Å²) < 4.78 is 5.12. The number of pyridine rings is 1. The standard InChI is InChI=1S/C10H14N2O2/c1-10(2,3)14-9(13)8-6-7(11)4-5-12-8/h4-6H,1-3H3,(H2,11,12). The molecule has 4 heteroatoms. The summed E-state index contributed by atoms with van der Waals surface area (Å²) in [7, 11) is 0. The van der Waals surface area contributed by atoms with Gasteiger partial charge in [0.2, 0.25) is 0 Å². The molecule has 2 N–H and O–H groups in total. The largest absolute Gasteiger partial charge is 0.455 e. The number of carbonyl (C=O) groups is 1. The van der Waals surface area contributed by atoms with E-state index in [0.717, 1.165) is 0 Å². The second-order valence-corrected chi connectivity index (χ2v) is 3.98. The summed E-state index contributed by atoms with van der Waals surface area (Å²) in [6, 6.07) is 3.11. The van der Waals surface area contributed by atoms with Crippen LogP contribution in [0.3, 0.4) is 0 Å². The molecule has 0 unspecified atom stereocenters. The lowest BCUT2D eigenvalue weighted by atomic mass is 10.2. The fourth-order valence-electron chi connectivity index (χ4n) is 0.889. The minimum absolute atomic E-state index is 0.236. The molecule has 0 spiro atoms. The number of nitrogens with two attached hydrogens (primary N) is 1. The second-order valence-electron chi connectivity index (χ2n) is 3.98. The molecule has 1 aromatic rings. The lowest BCUT2D eigenvalue weighted by Crippen LogP contribution is -2.24. The Morgan fingerprint density at radius 1 is 1.50 bits per heavy atom. The monoisotopic (exact) mass is 194 g/mol. The Hall–Kier alpha value is -1.58. The first-order valence-electron chi connectivity index (χ1n) is 4.33. The van der Waals surface area contributed by atoms with E-state index < -0.39 is 11.6 Å². The molecule has 0 aromatic carbocycles. The highest BCUT2D eigenvalue weighted by Gasteiger charge is 2.18. The average molecular weight is 194 g/mol. The van der Waals surface area contributed by atoms with Crippen LogP contribution in [0.15, 0.2) is 18.3 Å².